The zero-order valence-electron chi connectivity index (χ0n) is 18.2. The standard InChI is InChI=1S/C25H20F3NO6/c26-25(27,28)35-18-9-7-17(8-10-18)29-14-21-20(24(29)32)5-2-6-22(21)33-12-11-16-3-1-4-19(13-16)34-15-23(30)31/h1-10,13H,11-12,14-15H2,(H,30,31). The predicted molar refractivity (Wildman–Crippen MR) is 119 cm³/mol. The Morgan fingerprint density at radius 2 is 1.71 bits per heavy atom. The summed E-state index contributed by atoms with van der Waals surface area (Å²) in [5, 5.41) is 8.73. The van der Waals surface area contributed by atoms with E-state index < -0.39 is 18.9 Å². The number of benzene rings is 3. The number of aliphatic carboxylic acids is 1. The molecule has 3 aromatic carbocycles. The van der Waals surface area contributed by atoms with Gasteiger partial charge in [-0.05, 0) is 54.1 Å². The number of rotatable bonds is 9. The lowest BCUT2D eigenvalue weighted by Gasteiger charge is -2.17. The number of alkyl halides is 3. The zero-order chi connectivity index (χ0) is 25.0. The second-order valence-corrected chi connectivity index (χ2v) is 7.64. The molecule has 4 rings (SSSR count). The molecule has 0 aliphatic carbocycles. The summed E-state index contributed by atoms with van der Waals surface area (Å²) in [6, 6.07) is 17.3. The Labute approximate surface area is 198 Å². The van der Waals surface area contributed by atoms with E-state index in [0.29, 0.717) is 41.3 Å². The van der Waals surface area contributed by atoms with E-state index in [1.165, 1.54) is 17.0 Å². The molecule has 0 saturated carbocycles. The molecular weight excluding hydrogens is 467 g/mol. The first-order valence-electron chi connectivity index (χ1n) is 10.6. The fourth-order valence-corrected chi connectivity index (χ4v) is 3.69. The van der Waals surface area contributed by atoms with Crippen molar-refractivity contribution in [3.05, 3.63) is 83.4 Å². The Bertz CT molecular complexity index is 1230. The maximum Gasteiger partial charge on any atom is 0.573 e. The molecule has 0 radical (unpaired) electrons. The number of carbonyl (C=O) groups is 2. The molecule has 0 aromatic heterocycles. The molecule has 1 N–H and O–H groups in total. The molecule has 0 fully saturated rings. The minimum Gasteiger partial charge on any atom is -0.493 e. The quantitative estimate of drug-likeness (QED) is 0.466. The van der Waals surface area contributed by atoms with Crippen molar-refractivity contribution in [2.45, 2.75) is 19.3 Å². The van der Waals surface area contributed by atoms with Gasteiger partial charge in [-0.2, -0.15) is 0 Å². The van der Waals surface area contributed by atoms with Gasteiger partial charge < -0.3 is 24.2 Å². The van der Waals surface area contributed by atoms with Gasteiger partial charge in [0.05, 0.1) is 13.2 Å². The number of fused-ring (bicyclic) bond motifs is 1. The van der Waals surface area contributed by atoms with Crippen molar-refractivity contribution in [3.63, 3.8) is 0 Å². The maximum absolute atomic E-state index is 12.9. The molecule has 0 saturated heterocycles. The number of carboxylic acids is 1. The van der Waals surface area contributed by atoms with E-state index in [4.69, 9.17) is 14.6 Å². The lowest BCUT2D eigenvalue weighted by atomic mass is 10.1. The molecule has 1 amide bonds. The molecule has 1 heterocycles. The summed E-state index contributed by atoms with van der Waals surface area (Å²) in [4.78, 5) is 25.0. The highest BCUT2D eigenvalue weighted by Crippen LogP contribution is 2.35. The third kappa shape index (κ3) is 6.03. The number of anilines is 1. The molecular formula is C25H20F3NO6. The highest BCUT2D eigenvalue weighted by molar-refractivity contribution is 6.10. The van der Waals surface area contributed by atoms with E-state index in [1.807, 2.05) is 6.07 Å². The molecule has 7 nitrogen and oxygen atoms in total. The summed E-state index contributed by atoms with van der Waals surface area (Å²) < 4.78 is 52.2. The number of halogens is 3. The Morgan fingerprint density at radius 1 is 0.971 bits per heavy atom. The van der Waals surface area contributed by atoms with E-state index in [2.05, 4.69) is 4.74 Å². The summed E-state index contributed by atoms with van der Waals surface area (Å²) >= 11 is 0. The van der Waals surface area contributed by atoms with Crippen LogP contribution in [-0.2, 0) is 17.8 Å². The Morgan fingerprint density at radius 3 is 2.43 bits per heavy atom. The smallest absolute Gasteiger partial charge is 0.493 e. The van der Waals surface area contributed by atoms with Crippen LogP contribution in [0.5, 0.6) is 17.2 Å². The molecule has 182 valence electrons. The van der Waals surface area contributed by atoms with Gasteiger partial charge in [-0.25, -0.2) is 4.79 Å². The first-order chi connectivity index (χ1) is 16.7. The average Bonchev–Trinajstić information content (AvgIpc) is 3.15. The SMILES string of the molecule is O=C(O)COc1cccc(CCOc2cccc3c2CN(c2ccc(OC(F)(F)F)cc2)C3=O)c1. The summed E-state index contributed by atoms with van der Waals surface area (Å²) in [5.74, 6) is -0.733. The summed E-state index contributed by atoms with van der Waals surface area (Å²) in [7, 11) is 0. The van der Waals surface area contributed by atoms with Crippen molar-refractivity contribution in [1.29, 1.82) is 0 Å². The number of nitrogens with zero attached hydrogens (tertiary/aromatic N) is 1. The number of hydrogen-bond donors (Lipinski definition) is 1. The van der Waals surface area contributed by atoms with Gasteiger partial charge in [0.15, 0.2) is 6.61 Å². The minimum atomic E-state index is -4.79. The minimum absolute atomic E-state index is 0.211. The molecule has 0 unspecified atom stereocenters. The van der Waals surface area contributed by atoms with E-state index in [1.54, 1.807) is 36.4 Å². The van der Waals surface area contributed by atoms with Crippen LogP contribution in [0.15, 0.2) is 66.7 Å². The van der Waals surface area contributed by atoms with Gasteiger partial charge in [-0.15, -0.1) is 13.2 Å². The van der Waals surface area contributed by atoms with Crippen LogP contribution in [-0.4, -0.2) is 36.6 Å². The maximum atomic E-state index is 12.9. The Kier molecular flexibility index (Phi) is 6.81. The highest BCUT2D eigenvalue weighted by Gasteiger charge is 2.33. The summed E-state index contributed by atoms with van der Waals surface area (Å²) in [6.45, 7) is 0.0809. The normalized spacial score (nSPS) is 12.9. The largest absolute Gasteiger partial charge is 0.573 e. The van der Waals surface area contributed by atoms with Crippen LogP contribution >= 0.6 is 0 Å². The molecule has 3 aromatic rings. The fourth-order valence-electron chi connectivity index (χ4n) is 3.69. The van der Waals surface area contributed by atoms with E-state index in [0.717, 1.165) is 17.7 Å². The van der Waals surface area contributed by atoms with Crippen molar-refractivity contribution in [1.82, 2.24) is 0 Å². The number of carbonyl (C=O) groups excluding carboxylic acids is 1. The van der Waals surface area contributed by atoms with Gasteiger partial charge in [0.25, 0.3) is 5.91 Å². The van der Waals surface area contributed by atoms with Crippen LogP contribution in [0.3, 0.4) is 0 Å². The number of carboxylic acid groups (broad SMARTS) is 1. The molecule has 35 heavy (non-hydrogen) atoms. The molecule has 0 bridgehead atoms. The van der Waals surface area contributed by atoms with Crippen molar-refractivity contribution in [2.24, 2.45) is 0 Å². The third-order valence-corrected chi connectivity index (χ3v) is 5.22. The van der Waals surface area contributed by atoms with Crippen LogP contribution in [0.1, 0.15) is 21.5 Å². The second-order valence-electron chi connectivity index (χ2n) is 7.64. The lowest BCUT2D eigenvalue weighted by molar-refractivity contribution is -0.274. The van der Waals surface area contributed by atoms with E-state index in [9.17, 15) is 22.8 Å². The number of hydrogen-bond acceptors (Lipinski definition) is 5. The van der Waals surface area contributed by atoms with Gasteiger partial charge in [0, 0.05) is 23.2 Å². The van der Waals surface area contributed by atoms with Gasteiger partial charge >= 0.3 is 12.3 Å². The van der Waals surface area contributed by atoms with Crippen LogP contribution in [0.2, 0.25) is 0 Å². The first-order valence-corrected chi connectivity index (χ1v) is 10.6. The molecule has 0 spiro atoms. The van der Waals surface area contributed by atoms with Crippen molar-refractivity contribution in [2.75, 3.05) is 18.1 Å². The molecule has 10 heteroatoms. The van der Waals surface area contributed by atoms with E-state index >= 15 is 0 Å². The highest BCUT2D eigenvalue weighted by atomic mass is 19.4. The first kappa shape index (κ1) is 23.9. The monoisotopic (exact) mass is 487 g/mol. The third-order valence-electron chi connectivity index (χ3n) is 5.22. The topological polar surface area (TPSA) is 85.3 Å². The predicted octanol–water partition coefficient (Wildman–Crippen LogP) is 4.83. The average molecular weight is 487 g/mol. The second kappa shape index (κ2) is 9.96. The van der Waals surface area contributed by atoms with Gasteiger partial charge in [0.2, 0.25) is 0 Å². The number of amides is 1. The lowest BCUT2D eigenvalue weighted by Crippen LogP contribution is -2.23. The molecule has 1 aliphatic rings. The number of ether oxygens (including phenoxy) is 3. The molecule has 1 aliphatic heterocycles. The Balaban J connectivity index is 1.40. The van der Waals surface area contributed by atoms with Crippen molar-refractivity contribution >= 4 is 17.6 Å². The van der Waals surface area contributed by atoms with Crippen LogP contribution in [0, 0.1) is 0 Å². The molecule has 0 atom stereocenters. The van der Waals surface area contributed by atoms with Crippen molar-refractivity contribution < 1.29 is 42.1 Å². The summed E-state index contributed by atoms with van der Waals surface area (Å²) in [5.41, 5.74) is 2.47. The fraction of sp³-hybridized carbons (Fsp3) is 0.200. The zero-order valence-corrected chi connectivity index (χ0v) is 18.2. The Hall–Kier alpha value is -4.21. The van der Waals surface area contributed by atoms with Gasteiger partial charge in [-0.1, -0.05) is 18.2 Å². The van der Waals surface area contributed by atoms with Gasteiger partial charge in [-0.3, -0.25) is 4.79 Å². The van der Waals surface area contributed by atoms with Crippen LogP contribution < -0.4 is 19.1 Å². The van der Waals surface area contributed by atoms with Gasteiger partial charge in [0.1, 0.15) is 17.2 Å². The summed E-state index contributed by atoms with van der Waals surface area (Å²) in [6.07, 6.45) is -4.27. The van der Waals surface area contributed by atoms with Crippen molar-refractivity contribution in [3.8, 4) is 17.2 Å². The van der Waals surface area contributed by atoms with E-state index in [-0.39, 0.29) is 18.2 Å². The van der Waals surface area contributed by atoms with Crippen LogP contribution in [0.25, 0.3) is 0 Å². The van der Waals surface area contributed by atoms with Crippen LogP contribution in [0.4, 0.5) is 18.9 Å².